The zero-order valence-electron chi connectivity index (χ0n) is 15.2. The highest BCUT2D eigenvalue weighted by Gasteiger charge is 2.30. The Balaban J connectivity index is 1.62. The van der Waals surface area contributed by atoms with Gasteiger partial charge in [-0.15, -0.1) is 0 Å². The van der Waals surface area contributed by atoms with Crippen LogP contribution in [-0.2, 0) is 0 Å². The van der Waals surface area contributed by atoms with Gasteiger partial charge in [0.25, 0.3) is 0 Å². The summed E-state index contributed by atoms with van der Waals surface area (Å²) in [6.07, 6.45) is 1.33. The highest BCUT2D eigenvalue weighted by atomic mass is 19.1. The fraction of sp³-hybridized carbons (Fsp3) is 0.0435. The average Bonchev–Trinajstić information content (AvgIpc) is 3.00. The smallest absolute Gasteiger partial charge is 0.343 e. The van der Waals surface area contributed by atoms with E-state index in [2.05, 4.69) is 0 Å². The molecule has 1 aliphatic heterocycles. The number of rotatable bonds is 3. The molecule has 6 heteroatoms. The molecule has 144 valence electrons. The molecule has 0 amide bonds. The summed E-state index contributed by atoms with van der Waals surface area (Å²) >= 11 is 0. The lowest BCUT2D eigenvalue weighted by Gasteiger charge is -2.07. The van der Waals surface area contributed by atoms with E-state index in [0.29, 0.717) is 11.1 Å². The third-order valence-corrected chi connectivity index (χ3v) is 4.43. The molecule has 0 bridgehead atoms. The second kappa shape index (κ2) is 7.31. The van der Waals surface area contributed by atoms with Gasteiger partial charge in [-0.05, 0) is 55.0 Å². The van der Waals surface area contributed by atoms with Crippen molar-refractivity contribution in [1.82, 2.24) is 0 Å². The molecule has 0 spiro atoms. The first-order valence-electron chi connectivity index (χ1n) is 8.73. The quantitative estimate of drug-likeness (QED) is 0.353. The van der Waals surface area contributed by atoms with Crippen LogP contribution in [0, 0.1) is 18.6 Å². The lowest BCUT2D eigenvalue weighted by atomic mass is 10.0. The summed E-state index contributed by atoms with van der Waals surface area (Å²) in [7, 11) is 0. The lowest BCUT2D eigenvalue weighted by Crippen LogP contribution is -2.08. The first-order valence-corrected chi connectivity index (χ1v) is 8.73. The zero-order valence-corrected chi connectivity index (χ0v) is 15.2. The predicted octanol–water partition coefficient (Wildman–Crippen LogP) is 5.11. The van der Waals surface area contributed by atoms with Crippen LogP contribution < -0.4 is 9.47 Å². The summed E-state index contributed by atoms with van der Waals surface area (Å²) in [5.41, 5.74) is 1.28. The van der Waals surface area contributed by atoms with Crippen molar-refractivity contribution >= 4 is 17.8 Å². The van der Waals surface area contributed by atoms with Crippen molar-refractivity contribution in [3.63, 3.8) is 0 Å². The van der Waals surface area contributed by atoms with E-state index in [-0.39, 0.29) is 34.2 Å². The number of carbonyl (C=O) groups is 2. The summed E-state index contributed by atoms with van der Waals surface area (Å²) in [5.74, 6) is -1.60. The average molecular weight is 392 g/mol. The van der Waals surface area contributed by atoms with Gasteiger partial charge in [0, 0.05) is 11.6 Å². The molecular weight excluding hydrogens is 378 g/mol. The number of ether oxygens (including phenoxy) is 2. The normalized spacial score (nSPS) is 13.9. The maximum absolute atomic E-state index is 13.9. The van der Waals surface area contributed by atoms with Crippen LogP contribution >= 0.6 is 0 Å². The molecule has 3 aromatic rings. The number of hydrogen-bond donors (Lipinski definition) is 0. The number of fused-ring (bicyclic) bond motifs is 1. The number of aryl methyl sites for hydroxylation is 1. The first kappa shape index (κ1) is 18.6. The van der Waals surface area contributed by atoms with E-state index in [9.17, 15) is 18.4 Å². The molecule has 0 radical (unpaired) electrons. The minimum atomic E-state index is -0.671. The first-order chi connectivity index (χ1) is 13.9. The Bertz CT molecular complexity index is 1160. The number of benzene rings is 3. The Morgan fingerprint density at radius 1 is 1.03 bits per heavy atom. The molecule has 0 aromatic heterocycles. The minimum Gasteiger partial charge on any atom is -0.452 e. The Kier molecular flexibility index (Phi) is 4.68. The number of halogens is 2. The van der Waals surface area contributed by atoms with Crippen LogP contribution in [0.25, 0.3) is 6.08 Å². The Morgan fingerprint density at radius 2 is 1.76 bits per heavy atom. The molecule has 0 unspecified atom stereocenters. The number of allylic oxidation sites excluding steroid dienone is 1. The maximum atomic E-state index is 13.9. The predicted molar refractivity (Wildman–Crippen MR) is 102 cm³/mol. The summed E-state index contributed by atoms with van der Waals surface area (Å²) < 4.78 is 37.8. The van der Waals surface area contributed by atoms with E-state index in [4.69, 9.17) is 9.47 Å². The van der Waals surface area contributed by atoms with Gasteiger partial charge in [0.05, 0.1) is 11.1 Å². The van der Waals surface area contributed by atoms with E-state index in [1.54, 1.807) is 19.1 Å². The molecule has 0 saturated heterocycles. The lowest BCUT2D eigenvalue weighted by molar-refractivity contribution is 0.0734. The Labute approximate surface area is 165 Å². The third kappa shape index (κ3) is 3.65. The second-order valence-corrected chi connectivity index (χ2v) is 6.47. The van der Waals surface area contributed by atoms with Crippen LogP contribution in [0.1, 0.15) is 31.8 Å². The van der Waals surface area contributed by atoms with Crippen molar-refractivity contribution in [2.75, 3.05) is 0 Å². The number of carbonyl (C=O) groups excluding carboxylic acids is 2. The van der Waals surface area contributed by atoms with Gasteiger partial charge < -0.3 is 9.47 Å². The molecule has 0 saturated carbocycles. The van der Waals surface area contributed by atoms with Gasteiger partial charge in [-0.1, -0.05) is 18.2 Å². The monoisotopic (exact) mass is 392 g/mol. The standard InChI is InChI=1S/C23H14F2O4/c1-13-10-17(28-23(27)14-6-8-16(24)9-7-14)12-19-21(13)22(26)20(29-19)11-15-4-2-3-5-18(15)25/h2-12H,1H3/b20-11-. The highest BCUT2D eigenvalue weighted by Crippen LogP contribution is 2.37. The van der Waals surface area contributed by atoms with Crippen molar-refractivity contribution in [3.8, 4) is 11.5 Å². The zero-order chi connectivity index (χ0) is 20.5. The van der Waals surface area contributed by atoms with Crippen LogP contribution in [0.4, 0.5) is 8.78 Å². The van der Waals surface area contributed by atoms with E-state index in [0.717, 1.165) is 12.1 Å². The molecule has 0 N–H and O–H groups in total. The van der Waals surface area contributed by atoms with Crippen LogP contribution in [0.3, 0.4) is 0 Å². The van der Waals surface area contributed by atoms with Crippen molar-refractivity contribution in [2.24, 2.45) is 0 Å². The minimum absolute atomic E-state index is 0.0183. The van der Waals surface area contributed by atoms with Gasteiger partial charge in [-0.25, -0.2) is 13.6 Å². The molecule has 29 heavy (non-hydrogen) atoms. The number of esters is 1. The van der Waals surface area contributed by atoms with Gasteiger partial charge in [0.15, 0.2) is 5.76 Å². The van der Waals surface area contributed by atoms with Crippen LogP contribution in [-0.4, -0.2) is 11.8 Å². The third-order valence-electron chi connectivity index (χ3n) is 4.43. The molecule has 0 atom stereocenters. The Morgan fingerprint density at radius 3 is 2.48 bits per heavy atom. The number of hydrogen-bond acceptors (Lipinski definition) is 4. The van der Waals surface area contributed by atoms with Crippen molar-refractivity contribution in [2.45, 2.75) is 6.92 Å². The van der Waals surface area contributed by atoms with Gasteiger partial charge in [0.2, 0.25) is 5.78 Å². The fourth-order valence-electron chi connectivity index (χ4n) is 3.02. The molecule has 1 heterocycles. The Hall–Kier alpha value is -3.80. The topological polar surface area (TPSA) is 52.6 Å². The fourth-order valence-corrected chi connectivity index (χ4v) is 3.02. The summed E-state index contributed by atoms with van der Waals surface area (Å²) in [4.78, 5) is 24.9. The summed E-state index contributed by atoms with van der Waals surface area (Å²) in [6, 6.07) is 13.9. The van der Waals surface area contributed by atoms with E-state index in [1.165, 1.54) is 42.5 Å². The van der Waals surface area contributed by atoms with Crippen LogP contribution in [0.15, 0.2) is 66.4 Å². The molecule has 1 aliphatic rings. The van der Waals surface area contributed by atoms with Gasteiger partial charge in [0.1, 0.15) is 23.1 Å². The SMILES string of the molecule is Cc1cc(OC(=O)c2ccc(F)cc2)cc2c1C(=O)/C(=C/c1ccccc1F)O2. The van der Waals surface area contributed by atoms with Crippen LogP contribution in [0.2, 0.25) is 0 Å². The number of Topliss-reactive ketones (excluding diaryl/α,β-unsaturated/α-hetero) is 1. The van der Waals surface area contributed by atoms with Gasteiger partial charge in [-0.2, -0.15) is 0 Å². The molecular formula is C23H14F2O4. The van der Waals surface area contributed by atoms with Crippen molar-refractivity contribution in [1.29, 1.82) is 0 Å². The van der Waals surface area contributed by atoms with Crippen LogP contribution in [0.5, 0.6) is 11.5 Å². The van der Waals surface area contributed by atoms with E-state index < -0.39 is 17.6 Å². The van der Waals surface area contributed by atoms with Gasteiger partial charge >= 0.3 is 5.97 Å². The van der Waals surface area contributed by atoms with Crippen molar-refractivity contribution < 1.29 is 27.8 Å². The van der Waals surface area contributed by atoms with E-state index in [1.807, 2.05) is 0 Å². The van der Waals surface area contributed by atoms with E-state index >= 15 is 0 Å². The molecule has 4 rings (SSSR count). The van der Waals surface area contributed by atoms with Gasteiger partial charge in [-0.3, -0.25) is 4.79 Å². The molecule has 4 nitrogen and oxygen atoms in total. The highest BCUT2D eigenvalue weighted by molar-refractivity contribution is 6.15. The second-order valence-electron chi connectivity index (χ2n) is 6.47. The summed E-state index contributed by atoms with van der Waals surface area (Å²) in [6.45, 7) is 1.68. The van der Waals surface area contributed by atoms with Crippen molar-refractivity contribution in [3.05, 3.63) is 100 Å². The maximum Gasteiger partial charge on any atom is 0.343 e. The molecule has 0 aliphatic carbocycles. The number of ketones is 1. The molecule has 0 fully saturated rings. The molecule has 3 aromatic carbocycles. The summed E-state index contributed by atoms with van der Waals surface area (Å²) in [5, 5.41) is 0. The largest absolute Gasteiger partial charge is 0.452 e.